The van der Waals surface area contributed by atoms with Crippen molar-refractivity contribution in [3.8, 4) is 0 Å². The zero-order chi connectivity index (χ0) is 12.4. The quantitative estimate of drug-likeness (QED) is 0.816. The largest absolute Gasteiger partial charge is 0.249 e. The molecule has 0 atom stereocenters. The van der Waals surface area contributed by atoms with Gasteiger partial charge >= 0.3 is 0 Å². The van der Waals surface area contributed by atoms with Crippen LogP contribution in [0.15, 0.2) is 24.3 Å². The number of aryl methyl sites for hydroxylation is 1. The van der Waals surface area contributed by atoms with E-state index in [1.54, 1.807) is 10.7 Å². The number of benzene rings is 1. The topological polar surface area (TPSA) is 17.8 Å². The van der Waals surface area contributed by atoms with Gasteiger partial charge in [-0.1, -0.05) is 30.7 Å². The van der Waals surface area contributed by atoms with Crippen molar-refractivity contribution in [2.75, 3.05) is 0 Å². The minimum absolute atomic E-state index is 0.238. The van der Waals surface area contributed by atoms with Crippen molar-refractivity contribution in [2.45, 2.75) is 26.8 Å². The second-order valence-corrected chi connectivity index (χ2v) is 4.36. The average molecular weight is 253 g/mol. The highest BCUT2D eigenvalue weighted by molar-refractivity contribution is 6.30. The van der Waals surface area contributed by atoms with Gasteiger partial charge in [-0.05, 0) is 31.0 Å². The molecule has 2 rings (SSSR count). The molecule has 0 bridgehead atoms. The highest BCUT2D eigenvalue weighted by atomic mass is 35.5. The standard InChI is InChI=1S/C13H14ClFN2/c1-3-12-9(2)13(14)17(16-12)8-10-5-4-6-11(15)7-10/h4-7H,3,8H2,1-2H3. The number of halogens is 2. The maximum absolute atomic E-state index is 13.1. The fourth-order valence-corrected chi connectivity index (χ4v) is 2.03. The maximum atomic E-state index is 13.1. The van der Waals surface area contributed by atoms with Crippen molar-refractivity contribution < 1.29 is 4.39 Å². The molecule has 0 aliphatic carbocycles. The lowest BCUT2D eigenvalue weighted by molar-refractivity contribution is 0.618. The van der Waals surface area contributed by atoms with Crippen LogP contribution in [-0.4, -0.2) is 9.78 Å². The summed E-state index contributed by atoms with van der Waals surface area (Å²) in [6.45, 7) is 4.49. The van der Waals surface area contributed by atoms with Crippen molar-refractivity contribution in [1.82, 2.24) is 9.78 Å². The van der Waals surface area contributed by atoms with Gasteiger partial charge in [-0.25, -0.2) is 9.07 Å². The van der Waals surface area contributed by atoms with Crippen LogP contribution in [0.2, 0.25) is 5.15 Å². The highest BCUT2D eigenvalue weighted by Crippen LogP contribution is 2.20. The fraction of sp³-hybridized carbons (Fsp3) is 0.308. The van der Waals surface area contributed by atoms with Gasteiger partial charge in [0.1, 0.15) is 11.0 Å². The normalized spacial score (nSPS) is 10.8. The molecule has 0 amide bonds. The van der Waals surface area contributed by atoms with Crippen LogP contribution in [-0.2, 0) is 13.0 Å². The maximum Gasteiger partial charge on any atom is 0.130 e. The molecule has 0 saturated heterocycles. The molecule has 17 heavy (non-hydrogen) atoms. The number of hydrogen-bond donors (Lipinski definition) is 0. The molecular weight excluding hydrogens is 239 g/mol. The van der Waals surface area contributed by atoms with E-state index in [9.17, 15) is 4.39 Å². The Hall–Kier alpha value is -1.35. The van der Waals surface area contributed by atoms with Gasteiger partial charge in [-0.3, -0.25) is 0 Å². The SMILES string of the molecule is CCc1nn(Cc2cccc(F)c2)c(Cl)c1C. The minimum Gasteiger partial charge on any atom is -0.249 e. The molecule has 0 spiro atoms. The minimum atomic E-state index is -0.238. The van der Waals surface area contributed by atoms with Gasteiger partial charge < -0.3 is 0 Å². The third-order valence-corrected chi connectivity index (χ3v) is 3.25. The van der Waals surface area contributed by atoms with Crippen LogP contribution in [0.25, 0.3) is 0 Å². The summed E-state index contributed by atoms with van der Waals surface area (Å²) in [7, 11) is 0. The molecule has 2 nitrogen and oxygen atoms in total. The summed E-state index contributed by atoms with van der Waals surface area (Å²) in [5.74, 6) is -0.238. The summed E-state index contributed by atoms with van der Waals surface area (Å²) in [5, 5.41) is 5.05. The van der Waals surface area contributed by atoms with E-state index in [2.05, 4.69) is 5.10 Å². The molecule has 0 aliphatic rings. The van der Waals surface area contributed by atoms with Gasteiger partial charge in [-0.2, -0.15) is 5.10 Å². The number of aromatic nitrogens is 2. The second kappa shape index (κ2) is 4.88. The molecule has 0 N–H and O–H groups in total. The Morgan fingerprint density at radius 3 is 2.76 bits per heavy atom. The first-order valence-electron chi connectivity index (χ1n) is 5.58. The summed E-state index contributed by atoms with van der Waals surface area (Å²) in [4.78, 5) is 0. The zero-order valence-electron chi connectivity index (χ0n) is 9.87. The van der Waals surface area contributed by atoms with Gasteiger partial charge in [0.15, 0.2) is 0 Å². The highest BCUT2D eigenvalue weighted by Gasteiger charge is 2.11. The van der Waals surface area contributed by atoms with Gasteiger partial charge in [0, 0.05) is 5.56 Å². The average Bonchev–Trinajstić information content (AvgIpc) is 2.57. The second-order valence-electron chi connectivity index (χ2n) is 4.00. The van der Waals surface area contributed by atoms with Gasteiger partial charge in [-0.15, -0.1) is 0 Å². The van der Waals surface area contributed by atoms with Crippen LogP contribution in [0.5, 0.6) is 0 Å². The molecule has 1 heterocycles. The van der Waals surface area contributed by atoms with E-state index >= 15 is 0 Å². The summed E-state index contributed by atoms with van der Waals surface area (Å²) in [6.07, 6.45) is 0.849. The van der Waals surface area contributed by atoms with Crippen LogP contribution in [0.1, 0.15) is 23.7 Å². The van der Waals surface area contributed by atoms with Crippen LogP contribution in [0.4, 0.5) is 4.39 Å². The summed E-state index contributed by atoms with van der Waals surface area (Å²) in [5.41, 5.74) is 2.86. The molecule has 2 aromatic rings. The molecule has 0 saturated carbocycles. The lowest BCUT2D eigenvalue weighted by atomic mass is 10.2. The van der Waals surface area contributed by atoms with Gasteiger partial charge in [0.2, 0.25) is 0 Å². The molecule has 0 aliphatic heterocycles. The molecule has 1 aromatic heterocycles. The van der Waals surface area contributed by atoms with Crippen molar-refractivity contribution in [3.63, 3.8) is 0 Å². The Morgan fingerprint density at radius 1 is 1.41 bits per heavy atom. The van der Waals surface area contributed by atoms with Crippen LogP contribution < -0.4 is 0 Å². The van der Waals surface area contributed by atoms with E-state index in [1.807, 2.05) is 19.9 Å². The molecule has 90 valence electrons. The lowest BCUT2D eigenvalue weighted by Gasteiger charge is -2.03. The first-order chi connectivity index (χ1) is 8.11. The molecule has 1 aromatic carbocycles. The predicted molar refractivity (Wildman–Crippen MR) is 66.9 cm³/mol. The number of rotatable bonds is 3. The monoisotopic (exact) mass is 252 g/mol. The van der Waals surface area contributed by atoms with Crippen LogP contribution in [0.3, 0.4) is 0 Å². The smallest absolute Gasteiger partial charge is 0.130 e. The zero-order valence-corrected chi connectivity index (χ0v) is 10.6. The number of hydrogen-bond acceptors (Lipinski definition) is 1. The third-order valence-electron chi connectivity index (χ3n) is 2.77. The Kier molecular flexibility index (Phi) is 3.48. The van der Waals surface area contributed by atoms with E-state index in [4.69, 9.17) is 11.6 Å². The molecule has 0 unspecified atom stereocenters. The van der Waals surface area contributed by atoms with Gasteiger partial charge in [0.25, 0.3) is 0 Å². The fourth-order valence-electron chi connectivity index (χ4n) is 1.83. The Labute approximate surface area is 105 Å². The third kappa shape index (κ3) is 2.50. The van der Waals surface area contributed by atoms with E-state index in [-0.39, 0.29) is 5.82 Å². The predicted octanol–water partition coefficient (Wildman–Crippen LogP) is 3.59. The number of nitrogens with zero attached hydrogens (tertiary/aromatic N) is 2. The Bertz CT molecular complexity index is 534. The van der Waals surface area contributed by atoms with E-state index in [0.29, 0.717) is 11.7 Å². The van der Waals surface area contributed by atoms with Crippen LogP contribution in [0, 0.1) is 12.7 Å². The van der Waals surface area contributed by atoms with E-state index in [0.717, 1.165) is 23.2 Å². The van der Waals surface area contributed by atoms with Gasteiger partial charge in [0.05, 0.1) is 12.2 Å². The molecule has 4 heteroatoms. The van der Waals surface area contributed by atoms with Crippen LogP contribution >= 0.6 is 11.6 Å². The summed E-state index contributed by atoms with van der Waals surface area (Å²) in [6, 6.07) is 6.48. The Balaban J connectivity index is 2.30. The van der Waals surface area contributed by atoms with Crippen molar-refractivity contribution in [3.05, 3.63) is 52.1 Å². The molecule has 0 fully saturated rings. The first-order valence-corrected chi connectivity index (χ1v) is 5.95. The van der Waals surface area contributed by atoms with Crippen molar-refractivity contribution in [1.29, 1.82) is 0 Å². The van der Waals surface area contributed by atoms with E-state index < -0.39 is 0 Å². The molecule has 0 radical (unpaired) electrons. The first kappa shape index (κ1) is 12.1. The summed E-state index contributed by atoms with van der Waals surface area (Å²) >= 11 is 6.19. The lowest BCUT2D eigenvalue weighted by Crippen LogP contribution is -2.02. The Morgan fingerprint density at radius 2 is 2.18 bits per heavy atom. The molecular formula is C13H14ClFN2. The van der Waals surface area contributed by atoms with Crippen molar-refractivity contribution >= 4 is 11.6 Å². The van der Waals surface area contributed by atoms with Crippen molar-refractivity contribution in [2.24, 2.45) is 0 Å². The van der Waals surface area contributed by atoms with E-state index in [1.165, 1.54) is 12.1 Å². The summed E-state index contributed by atoms with van der Waals surface area (Å²) < 4.78 is 14.8.